The third-order valence-electron chi connectivity index (χ3n) is 5.05. The summed E-state index contributed by atoms with van der Waals surface area (Å²) in [5, 5.41) is 3.87. The minimum absolute atomic E-state index is 0. The van der Waals surface area contributed by atoms with Gasteiger partial charge in [-0.1, -0.05) is 48.9 Å². The van der Waals surface area contributed by atoms with E-state index in [1.165, 1.54) is 37.7 Å². The lowest BCUT2D eigenvalue weighted by Crippen LogP contribution is -2.38. The highest BCUT2D eigenvalue weighted by Gasteiger charge is 2.40. The second kappa shape index (κ2) is 9.68. The van der Waals surface area contributed by atoms with E-state index in [-0.39, 0.29) is 24.8 Å². The van der Waals surface area contributed by atoms with Gasteiger partial charge < -0.3 is 11.1 Å². The summed E-state index contributed by atoms with van der Waals surface area (Å²) in [5.74, 6) is 0.755. The van der Waals surface area contributed by atoms with E-state index >= 15 is 0 Å². The number of hydrogen-bond acceptors (Lipinski definition) is 2. The van der Waals surface area contributed by atoms with Gasteiger partial charge in [-0.3, -0.25) is 0 Å². The van der Waals surface area contributed by atoms with Gasteiger partial charge >= 0.3 is 0 Å². The lowest BCUT2D eigenvalue weighted by molar-refractivity contribution is 0.338. The topological polar surface area (TPSA) is 38.0 Å². The van der Waals surface area contributed by atoms with Gasteiger partial charge in [0, 0.05) is 18.1 Å². The molecule has 0 heterocycles. The standard InChI is InChI=1S/C19H28N2.2ClH/c1-2-15(12-14-6-4-3-5-7-14)18-13-19(18)21-17-10-8-16(20)9-11-17;;/h3-7,12,16-19,21H,2,8-11,13,20H2,1H3;2*1H/b15-12+;;/t16?,17?,18-,19-;;/m1../s1. The number of nitrogens with two attached hydrogens (primary N) is 1. The van der Waals surface area contributed by atoms with Crippen molar-refractivity contribution in [1.29, 1.82) is 0 Å². The summed E-state index contributed by atoms with van der Waals surface area (Å²) in [5.41, 5.74) is 8.93. The molecule has 1 aromatic rings. The van der Waals surface area contributed by atoms with Gasteiger partial charge in [0.15, 0.2) is 0 Å². The van der Waals surface area contributed by atoms with Crippen LogP contribution in [0.15, 0.2) is 35.9 Å². The molecule has 0 saturated heterocycles. The van der Waals surface area contributed by atoms with E-state index in [4.69, 9.17) is 5.73 Å². The minimum atomic E-state index is 0. The van der Waals surface area contributed by atoms with Crippen LogP contribution in [0.25, 0.3) is 6.08 Å². The SMILES string of the molecule is CC/C(=C\c1ccccc1)[C@H]1C[C@H]1NC1CCC(N)CC1.Cl.Cl. The zero-order valence-corrected chi connectivity index (χ0v) is 15.5. The molecule has 0 spiro atoms. The maximum atomic E-state index is 5.99. The maximum Gasteiger partial charge on any atom is 0.0142 e. The number of halogens is 2. The smallest absolute Gasteiger partial charge is 0.0142 e. The first-order valence-corrected chi connectivity index (χ1v) is 8.53. The molecular weight excluding hydrogens is 327 g/mol. The fraction of sp³-hybridized carbons (Fsp3) is 0.579. The maximum absolute atomic E-state index is 5.99. The zero-order chi connectivity index (χ0) is 14.7. The molecule has 0 bridgehead atoms. The third-order valence-corrected chi connectivity index (χ3v) is 5.05. The summed E-state index contributed by atoms with van der Waals surface area (Å²) >= 11 is 0. The molecule has 2 nitrogen and oxygen atoms in total. The van der Waals surface area contributed by atoms with E-state index in [1.54, 1.807) is 5.57 Å². The number of benzene rings is 1. The van der Waals surface area contributed by atoms with Crippen LogP contribution in [-0.4, -0.2) is 18.1 Å². The Morgan fingerprint density at radius 3 is 2.39 bits per heavy atom. The van der Waals surface area contributed by atoms with Crippen LogP contribution in [0.4, 0.5) is 0 Å². The van der Waals surface area contributed by atoms with E-state index < -0.39 is 0 Å². The summed E-state index contributed by atoms with van der Waals surface area (Å²) in [4.78, 5) is 0. The van der Waals surface area contributed by atoms with E-state index in [9.17, 15) is 0 Å². The van der Waals surface area contributed by atoms with Crippen molar-refractivity contribution in [3.63, 3.8) is 0 Å². The average Bonchev–Trinajstić information content (AvgIpc) is 3.27. The monoisotopic (exact) mass is 356 g/mol. The van der Waals surface area contributed by atoms with Crippen molar-refractivity contribution in [2.24, 2.45) is 11.7 Å². The fourth-order valence-corrected chi connectivity index (χ4v) is 3.61. The van der Waals surface area contributed by atoms with E-state index in [2.05, 4.69) is 48.6 Å². The Hall–Kier alpha value is -0.540. The Bertz CT molecular complexity index is 481. The zero-order valence-electron chi connectivity index (χ0n) is 13.9. The van der Waals surface area contributed by atoms with Crippen molar-refractivity contribution >= 4 is 30.9 Å². The van der Waals surface area contributed by atoms with Crippen molar-refractivity contribution in [3.05, 3.63) is 41.5 Å². The molecule has 3 rings (SSSR count). The number of nitrogens with one attached hydrogen (secondary N) is 1. The third kappa shape index (κ3) is 5.79. The molecule has 1 aromatic carbocycles. The minimum Gasteiger partial charge on any atom is -0.328 e. The van der Waals surface area contributed by atoms with Crippen LogP contribution in [0.5, 0.6) is 0 Å². The molecule has 0 amide bonds. The van der Waals surface area contributed by atoms with Gasteiger partial charge in [-0.05, 0) is 50.0 Å². The Balaban J connectivity index is 0.00000132. The summed E-state index contributed by atoms with van der Waals surface area (Å²) in [6, 6.07) is 12.6. The second-order valence-electron chi connectivity index (χ2n) is 6.71. The molecule has 3 N–H and O–H groups in total. The molecule has 130 valence electrons. The highest BCUT2D eigenvalue weighted by atomic mass is 35.5. The van der Waals surface area contributed by atoms with Crippen LogP contribution in [-0.2, 0) is 0 Å². The molecule has 0 unspecified atom stereocenters. The Labute approximate surface area is 153 Å². The van der Waals surface area contributed by atoms with Crippen LogP contribution in [0.1, 0.15) is 51.0 Å². The van der Waals surface area contributed by atoms with E-state index in [1.807, 2.05) is 0 Å². The number of rotatable bonds is 5. The average molecular weight is 357 g/mol. The molecule has 2 fully saturated rings. The lowest BCUT2D eigenvalue weighted by atomic mass is 9.91. The lowest BCUT2D eigenvalue weighted by Gasteiger charge is -2.27. The molecule has 4 heteroatoms. The largest absolute Gasteiger partial charge is 0.328 e. The van der Waals surface area contributed by atoms with Crippen LogP contribution in [0, 0.1) is 5.92 Å². The molecule has 23 heavy (non-hydrogen) atoms. The second-order valence-corrected chi connectivity index (χ2v) is 6.71. The van der Waals surface area contributed by atoms with Gasteiger partial charge in [-0.15, -0.1) is 24.8 Å². The van der Waals surface area contributed by atoms with Crippen molar-refractivity contribution in [2.45, 2.75) is 63.6 Å². The highest BCUT2D eigenvalue weighted by molar-refractivity contribution is 5.85. The van der Waals surface area contributed by atoms with Crippen molar-refractivity contribution < 1.29 is 0 Å². The molecule has 0 radical (unpaired) electrons. The first kappa shape index (κ1) is 20.5. The summed E-state index contributed by atoms with van der Waals surface area (Å²) in [6.45, 7) is 2.28. The molecule has 2 saturated carbocycles. The summed E-state index contributed by atoms with van der Waals surface area (Å²) in [7, 11) is 0. The summed E-state index contributed by atoms with van der Waals surface area (Å²) < 4.78 is 0. The molecule has 2 aliphatic rings. The van der Waals surface area contributed by atoms with Crippen LogP contribution < -0.4 is 11.1 Å². The van der Waals surface area contributed by atoms with Gasteiger partial charge in [0.05, 0.1) is 0 Å². The van der Waals surface area contributed by atoms with Crippen molar-refractivity contribution in [1.82, 2.24) is 5.32 Å². The quantitative estimate of drug-likeness (QED) is 0.810. The number of hydrogen-bond donors (Lipinski definition) is 2. The van der Waals surface area contributed by atoms with E-state index in [0.29, 0.717) is 18.1 Å². The molecule has 2 aliphatic carbocycles. The Morgan fingerprint density at radius 1 is 1.13 bits per heavy atom. The van der Waals surface area contributed by atoms with Crippen LogP contribution >= 0.6 is 24.8 Å². The molecular formula is C19H30Cl2N2. The Kier molecular flexibility index (Phi) is 8.63. The van der Waals surface area contributed by atoms with Gasteiger partial charge in [0.1, 0.15) is 0 Å². The predicted octanol–water partition coefficient (Wildman–Crippen LogP) is 4.57. The van der Waals surface area contributed by atoms with Gasteiger partial charge in [0.2, 0.25) is 0 Å². The van der Waals surface area contributed by atoms with Crippen molar-refractivity contribution in [2.75, 3.05) is 0 Å². The normalized spacial score (nSPS) is 30.1. The molecule has 0 aliphatic heterocycles. The molecule has 2 atom stereocenters. The highest BCUT2D eigenvalue weighted by Crippen LogP contribution is 2.40. The van der Waals surface area contributed by atoms with E-state index in [0.717, 1.165) is 12.3 Å². The van der Waals surface area contributed by atoms with Gasteiger partial charge in [-0.2, -0.15) is 0 Å². The van der Waals surface area contributed by atoms with Crippen molar-refractivity contribution in [3.8, 4) is 0 Å². The first-order chi connectivity index (χ1) is 10.3. The van der Waals surface area contributed by atoms with Crippen LogP contribution in [0.2, 0.25) is 0 Å². The predicted molar refractivity (Wildman–Crippen MR) is 104 cm³/mol. The fourth-order valence-electron chi connectivity index (χ4n) is 3.61. The summed E-state index contributed by atoms with van der Waals surface area (Å²) in [6.07, 6.45) is 9.76. The first-order valence-electron chi connectivity index (χ1n) is 8.53. The van der Waals surface area contributed by atoms with Gasteiger partial charge in [-0.25, -0.2) is 0 Å². The Morgan fingerprint density at radius 2 is 1.78 bits per heavy atom. The van der Waals surface area contributed by atoms with Gasteiger partial charge in [0.25, 0.3) is 0 Å². The molecule has 0 aromatic heterocycles. The van der Waals surface area contributed by atoms with Crippen LogP contribution in [0.3, 0.4) is 0 Å².